The van der Waals surface area contributed by atoms with E-state index in [1.54, 1.807) is 0 Å². The first-order valence-electron chi connectivity index (χ1n) is 13.5. The lowest BCUT2D eigenvalue weighted by Crippen LogP contribution is -2.48. The number of carboxylic acid groups (broad SMARTS) is 1. The molecule has 1 amide bonds. The quantitative estimate of drug-likeness (QED) is 0.488. The van der Waals surface area contributed by atoms with Crippen molar-refractivity contribution in [3.8, 4) is 0 Å². The molecule has 0 aromatic heterocycles. The van der Waals surface area contributed by atoms with Gasteiger partial charge in [0, 0.05) is 18.1 Å². The van der Waals surface area contributed by atoms with Gasteiger partial charge in [-0.2, -0.15) is 0 Å². The minimum Gasteiger partial charge on any atom is -0.480 e. The van der Waals surface area contributed by atoms with Crippen molar-refractivity contribution in [2.45, 2.75) is 128 Å². The summed E-state index contributed by atoms with van der Waals surface area (Å²) in [7, 11) is 0. The second kappa shape index (κ2) is 14.3. The maximum absolute atomic E-state index is 12.3. The smallest absolute Gasteiger partial charge is 0.411 e. The number of hydrogen-bond acceptors (Lipinski definition) is 4. The van der Waals surface area contributed by atoms with Crippen molar-refractivity contribution in [1.29, 1.82) is 0 Å². The summed E-state index contributed by atoms with van der Waals surface area (Å²) in [4.78, 5) is 24.9. The van der Waals surface area contributed by atoms with Crippen LogP contribution < -0.4 is 5.32 Å². The number of carbonyl (C=O) groups excluding carboxylic acids is 1. The first-order chi connectivity index (χ1) is 16.5. The lowest BCUT2D eigenvalue weighted by atomic mass is 9.91. The van der Waals surface area contributed by atoms with Crippen LogP contribution in [0.4, 0.5) is 4.79 Å². The maximum Gasteiger partial charge on any atom is 0.411 e. The summed E-state index contributed by atoms with van der Waals surface area (Å²) in [5, 5.41) is 13.1. The van der Waals surface area contributed by atoms with Gasteiger partial charge in [0.25, 0.3) is 0 Å². The molecule has 3 saturated carbocycles. The SMILES string of the molecule is C1CCC(NC2CCCCC2)CC1.C[C@@H](C(=O)O)N(C(=O)OCc1ccccc1)C1CCCC1. The Bertz CT molecular complexity index is 707. The molecule has 1 atom stereocenters. The average molecular weight is 473 g/mol. The van der Waals surface area contributed by atoms with Crippen molar-refractivity contribution >= 4 is 12.1 Å². The van der Waals surface area contributed by atoms with Crippen LogP contribution in [0.15, 0.2) is 30.3 Å². The zero-order valence-corrected chi connectivity index (χ0v) is 20.9. The molecule has 0 spiro atoms. The van der Waals surface area contributed by atoms with Crippen LogP contribution in [0.2, 0.25) is 0 Å². The highest BCUT2D eigenvalue weighted by molar-refractivity contribution is 5.80. The van der Waals surface area contributed by atoms with Gasteiger partial charge in [0.15, 0.2) is 0 Å². The number of nitrogens with zero attached hydrogens (tertiary/aromatic N) is 1. The van der Waals surface area contributed by atoms with Crippen molar-refractivity contribution < 1.29 is 19.4 Å². The van der Waals surface area contributed by atoms with Gasteiger partial charge in [-0.1, -0.05) is 81.7 Å². The van der Waals surface area contributed by atoms with Gasteiger partial charge in [-0.15, -0.1) is 0 Å². The minimum atomic E-state index is -1.00. The molecule has 0 radical (unpaired) electrons. The highest BCUT2D eigenvalue weighted by atomic mass is 16.6. The van der Waals surface area contributed by atoms with Gasteiger partial charge in [0.1, 0.15) is 12.6 Å². The number of ether oxygens (including phenoxy) is 1. The molecule has 0 heterocycles. The van der Waals surface area contributed by atoms with Crippen LogP contribution in [0.5, 0.6) is 0 Å². The Morgan fingerprint density at radius 2 is 1.38 bits per heavy atom. The molecule has 6 nitrogen and oxygen atoms in total. The summed E-state index contributed by atoms with van der Waals surface area (Å²) in [6.45, 7) is 1.69. The number of carboxylic acids is 1. The van der Waals surface area contributed by atoms with Crippen LogP contribution in [0.3, 0.4) is 0 Å². The van der Waals surface area contributed by atoms with Gasteiger partial charge >= 0.3 is 12.1 Å². The third-order valence-electron chi connectivity index (χ3n) is 7.59. The van der Waals surface area contributed by atoms with E-state index in [0.29, 0.717) is 0 Å². The Balaban J connectivity index is 0.000000212. The number of benzene rings is 1. The number of hydrogen-bond donors (Lipinski definition) is 2. The zero-order valence-electron chi connectivity index (χ0n) is 20.9. The van der Waals surface area contributed by atoms with Gasteiger partial charge in [-0.05, 0) is 51.0 Å². The van der Waals surface area contributed by atoms with E-state index >= 15 is 0 Å². The fourth-order valence-corrected chi connectivity index (χ4v) is 5.59. The van der Waals surface area contributed by atoms with E-state index in [1.807, 2.05) is 30.3 Å². The lowest BCUT2D eigenvalue weighted by molar-refractivity contribution is -0.142. The van der Waals surface area contributed by atoms with Crippen LogP contribution in [0.25, 0.3) is 0 Å². The molecule has 0 saturated heterocycles. The fraction of sp³-hybridized carbons (Fsp3) is 0.714. The molecule has 4 rings (SSSR count). The molecule has 190 valence electrons. The predicted molar refractivity (Wildman–Crippen MR) is 135 cm³/mol. The molecule has 0 bridgehead atoms. The highest BCUT2D eigenvalue weighted by Crippen LogP contribution is 2.26. The van der Waals surface area contributed by atoms with Crippen LogP contribution >= 0.6 is 0 Å². The Morgan fingerprint density at radius 3 is 1.88 bits per heavy atom. The Hall–Kier alpha value is -2.08. The second-order valence-corrected chi connectivity index (χ2v) is 10.2. The number of aliphatic carboxylic acids is 1. The summed E-state index contributed by atoms with van der Waals surface area (Å²) in [5.41, 5.74) is 0.889. The molecule has 0 unspecified atom stereocenters. The molecular weight excluding hydrogens is 428 g/mol. The van der Waals surface area contributed by atoms with E-state index in [0.717, 1.165) is 43.3 Å². The summed E-state index contributed by atoms with van der Waals surface area (Å²) in [6.07, 6.45) is 17.8. The molecule has 3 aliphatic carbocycles. The van der Waals surface area contributed by atoms with Crippen molar-refractivity contribution in [3.05, 3.63) is 35.9 Å². The van der Waals surface area contributed by atoms with Crippen LogP contribution in [-0.2, 0) is 16.1 Å². The molecule has 3 aliphatic rings. The fourth-order valence-electron chi connectivity index (χ4n) is 5.59. The monoisotopic (exact) mass is 472 g/mol. The van der Waals surface area contributed by atoms with E-state index in [4.69, 9.17) is 4.74 Å². The molecule has 0 aliphatic heterocycles. The third kappa shape index (κ3) is 8.61. The number of nitrogens with one attached hydrogen (secondary N) is 1. The van der Waals surface area contributed by atoms with Crippen molar-refractivity contribution in [2.75, 3.05) is 0 Å². The van der Waals surface area contributed by atoms with E-state index in [-0.39, 0.29) is 12.6 Å². The second-order valence-electron chi connectivity index (χ2n) is 10.2. The van der Waals surface area contributed by atoms with Gasteiger partial charge in [0.2, 0.25) is 0 Å². The van der Waals surface area contributed by atoms with E-state index in [9.17, 15) is 14.7 Å². The molecule has 3 fully saturated rings. The Kier molecular flexibility index (Phi) is 11.2. The normalized spacial score (nSPS) is 20.7. The number of amides is 1. The van der Waals surface area contributed by atoms with Crippen LogP contribution in [0.1, 0.15) is 102 Å². The molecule has 1 aromatic carbocycles. The highest BCUT2D eigenvalue weighted by Gasteiger charge is 2.34. The molecular formula is C28H44N2O4. The lowest BCUT2D eigenvalue weighted by Gasteiger charge is -2.31. The van der Waals surface area contributed by atoms with Gasteiger partial charge in [-0.25, -0.2) is 9.59 Å². The van der Waals surface area contributed by atoms with Crippen molar-refractivity contribution in [2.24, 2.45) is 0 Å². The first kappa shape index (κ1) is 26.5. The van der Waals surface area contributed by atoms with Gasteiger partial charge < -0.3 is 15.2 Å². The summed E-state index contributed by atoms with van der Waals surface area (Å²) in [6, 6.07) is 10.2. The number of carbonyl (C=O) groups is 2. The molecule has 1 aromatic rings. The standard InChI is InChI=1S/C16H21NO4.C12H23N/c1-12(15(18)19)17(14-9-5-6-10-14)16(20)21-11-13-7-3-2-4-8-13;1-3-7-11(8-4-1)13-12-9-5-2-6-10-12/h2-4,7-8,12,14H,5-6,9-11H2,1H3,(H,18,19);11-13H,1-10H2/t12-;/m0./s1. The summed E-state index contributed by atoms with van der Waals surface area (Å²) in [5.74, 6) is -1.00. The Morgan fingerprint density at radius 1 is 0.882 bits per heavy atom. The van der Waals surface area contributed by atoms with Crippen molar-refractivity contribution in [3.63, 3.8) is 0 Å². The van der Waals surface area contributed by atoms with Gasteiger partial charge in [0.05, 0.1) is 0 Å². The predicted octanol–water partition coefficient (Wildman–Crippen LogP) is 6.28. The Labute approximate surface area is 205 Å². The zero-order chi connectivity index (χ0) is 24.2. The largest absolute Gasteiger partial charge is 0.480 e. The van der Waals surface area contributed by atoms with Crippen LogP contribution in [-0.4, -0.2) is 46.2 Å². The van der Waals surface area contributed by atoms with E-state index < -0.39 is 18.1 Å². The first-order valence-corrected chi connectivity index (χ1v) is 13.5. The third-order valence-corrected chi connectivity index (χ3v) is 7.59. The minimum absolute atomic E-state index is 0.0284. The van der Waals surface area contributed by atoms with Crippen LogP contribution in [0, 0.1) is 0 Å². The average Bonchev–Trinajstić information content (AvgIpc) is 3.39. The molecule has 2 N–H and O–H groups in total. The summed E-state index contributed by atoms with van der Waals surface area (Å²) >= 11 is 0. The maximum atomic E-state index is 12.3. The molecule has 34 heavy (non-hydrogen) atoms. The van der Waals surface area contributed by atoms with E-state index in [1.165, 1.54) is 76.0 Å². The summed E-state index contributed by atoms with van der Waals surface area (Å²) < 4.78 is 5.30. The topological polar surface area (TPSA) is 78.9 Å². The molecule has 6 heteroatoms. The van der Waals surface area contributed by atoms with Crippen molar-refractivity contribution in [1.82, 2.24) is 10.2 Å². The van der Waals surface area contributed by atoms with Gasteiger partial charge in [-0.3, -0.25) is 4.90 Å². The number of rotatable bonds is 7. The van der Waals surface area contributed by atoms with E-state index in [2.05, 4.69) is 5.32 Å².